The summed E-state index contributed by atoms with van der Waals surface area (Å²) < 4.78 is 28.7. The first-order chi connectivity index (χ1) is 12.3. The summed E-state index contributed by atoms with van der Waals surface area (Å²) in [6.45, 7) is 1.95. The van der Waals surface area contributed by atoms with Crippen molar-refractivity contribution in [3.8, 4) is 16.9 Å². The van der Waals surface area contributed by atoms with Crippen molar-refractivity contribution in [1.29, 1.82) is 0 Å². The summed E-state index contributed by atoms with van der Waals surface area (Å²) in [6.07, 6.45) is 0.496. The lowest BCUT2D eigenvalue weighted by atomic mass is 10.0. The summed E-state index contributed by atoms with van der Waals surface area (Å²) in [6, 6.07) is 15.6. The summed E-state index contributed by atoms with van der Waals surface area (Å²) in [5.41, 5.74) is 3.42. The second-order valence-electron chi connectivity index (χ2n) is 6.74. The minimum atomic E-state index is -3.01. The van der Waals surface area contributed by atoms with Crippen LogP contribution in [-0.4, -0.2) is 50.4 Å². The molecule has 1 atom stereocenters. The molecular formula is C20H23NO4S. The number of hydrogen-bond donors (Lipinski definition) is 0. The summed E-state index contributed by atoms with van der Waals surface area (Å²) >= 11 is 0. The van der Waals surface area contributed by atoms with Crippen molar-refractivity contribution in [2.24, 2.45) is 0 Å². The molecule has 0 aliphatic carbocycles. The molecule has 6 heteroatoms. The number of likely N-dealkylation sites (N-methyl/N-ethyl adjacent to an activating group) is 1. The number of rotatable bonds is 5. The zero-order valence-corrected chi connectivity index (χ0v) is 15.8. The summed E-state index contributed by atoms with van der Waals surface area (Å²) in [4.78, 5) is 13.7. The zero-order valence-electron chi connectivity index (χ0n) is 15.0. The van der Waals surface area contributed by atoms with Gasteiger partial charge in [0, 0.05) is 13.1 Å². The molecule has 1 fully saturated rings. The van der Waals surface area contributed by atoms with Crippen molar-refractivity contribution in [3.05, 3.63) is 54.1 Å². The summed E-state index contributed by atoms with van der Waals surface area (Å²) in [5, 5.41) is 0. The summed E-state index contributed by atoms with van der Waals surface area (Å²) in [7, 11) is -1.37. The van der Waals surface area contributed by atoms with Gasteiger partial charge in [-0.15, -0.1) is 0 Å². The van der Waals surface area contributed by atoms with E-state index in [1.54, 1.807) is 7.05 Å². The fourth-order valence-electron chi connectivity index (χ4n) is 3.02. The molecule has 1 aliphatic rings. The molecule has 2 aromatic carbocycles. The van der Waals surface area contributed by atoms with Crippen LogP contribution in [0.25, 0.3) is 11.1 Å². The molecule has 1 aliphatic heterocycles. The molecular weight excluding hydrogens is 350 g/mol. The molecule has 1 heterocycles. The Morgan fingerprint density at radius 1 is 1.08 bits per heavy atom. The van der Waals surface area contributed by atoms with Crippen molar-refractivity contribution in [2.75, 3.05) is 25.2 Å². The second-order valence-corrected chi connectivity index (χ2v) is 8.97. The van der Waals surface area contributed by atoms with Crippen molar-refractivity contribution in [2.45, 2.75) is 19.4 Å². The molecule has 0 unspecified atom stereocenters. The Labute approximate surface area is 154 Å². The van der Waals surface area contributed by atoms with Gasteiger partial charge in [0.2, 0.25) is 0 Å². The standard InChI is InChI=1S/C20H23NO4S/c1-15-3-5-16(6-4-15)17-7-9-19(10-8-17)25-13-20(22)21(2)18-11-12-26(23,24)14-18/h3-10,18H,11-14H2,1-2H3/t18-/m1/s1. The topological polar surface area (TPSA) is 63.7 Å². The molecule has 1 amide bonds. The largest absolute Gasteiger partial charge is 0.484 e. The maximum atomic E-state index is 12.2. The molecule has 0 saturated carbocycles. The van der Waals surface area contributed by atoms with Crippen LogP contribution in [0, 0.1) is 6.92 Å². The van der Waals surface area contributed by atoms with E-state index in [0.29, 0.717) is 12.2 Å². The van der Waals surface area contributed by atoms with Crippen LogP contribution in [-0.2, 0) is 14.6 Å². The third-order valence-corrected chi connectivity index (χ3v) is 6.50. The van der Waals surface area contributed by atoms with Crippen LogP contribution < -0.4 is 4.74 Å². The monoisotopic (exact) mass is 373 g/mol. The SMILES string of the molecule is Cc1ccc(-c2ccc(OCC(=O)N(C)[C@@H]3CCS(=O)(=O)C3)cc2)cc1. The maximum absolute atomic E-state index is 12.2. The molecule has 0 aromatic heterocycles. The zero-order chi connectivity index (χ0) is 18.7. The molecule has 0 N–H and O–H groups in total. The number of benzene rings is 2. The van der Waals surface area contributed by atoms with E-state index in [1.165, 1.54) is 10.5 Å². The van der Waals surface area contributed by atoms with E-state index < -0.39 is 9.84 Å². The maximum Gasteiger partial charge on any atom is 0.260 e. The predicted octanol–water partition coefficient (Wildman–Crippen LogP) is 2.69. The number of ether oxygens (including phenoxy) is 1. The normalized spacial score (nSPS) is 18.5. The van der Waals surface area contributed by atoms with E-state index in [-0.39, 0.29) is 30.1 Å². The van der Waals surface area contributed by atoms with Gasteiger partial charge in [0.05, 0.1) is 11.5 Å². The fraction of sp³-hybridized carbons (Fsp3) is 0.350. The molecule has 2 aromatic rings. The molecule has 0 radical (unpaired) electrons. The third-order valence-electron chi connectivity index (χ3n) is 4.75. The van der Waals surface area contributed by atoms with Crippen molar-refractivity contribution < 1.29 is 17.9 Å². The Morgan fingerprint density at radius 2 is 1.65 bits per heavy atom. The van der Waals surface area contributed by atoms with Crippen LogP contribution in [0.1, 0.15) is 12.0 Å². The molecule has 1 saturated heterocycles. The average molecular weight is 373 g/mol. The first kappa shape index (κ1) is 18.5. The van der Waals surface area contributed by atoms with Gasteiger partial charge in [-0.05, 0) is 36.6 Å². The van der Waals surface area contributed by atoms with Gasteiger partial charge < -0.3 is 9.64 Å². The lowest BCUT2D eigenvalue weighted by Crippen LogP contribution is -2.40. The van der Waals surface area contributed by atoms with Gasteiger partial charge in [0.1, 0.15) is 5.75 Å². The average Bonchev–Trinajstić information content (AvgIpc) is 3.00. The van der Waals surface area contributed by atoms with Gasteiger partial charge in [-0.3, -0.25) is 4.79 Å². The number of aryl methyl sites for hydroxylation is 1. The van der Waals surface area contributed by atoms with Gasteiger partial charge >= 0.3 is 0 Å². The predicted molar refractivity (Wildman–Crippen MR) is 102 cm³/mol. The highest BCUT2D eigenvalue weighted by Crippen LogP contribution is 2.23. The third kappa shape index (κ3) is 4.43. The van der Waals surface area contributed by atoms with Gasteiger partial charge in [0.25, 0.3) is 5.91 Å². The Hall–Kier alpha value is -2.34. The smallest absolute Gasteiger partial charge is 0.260 e. The van der Waals surface area contributed by atoms with E-state index in [9.17, 15) is 13.2 Å². The van der Waals surface area contributed by atoms with Crippen LogP contribution >= 0.6 is 0 Å². The van der Waals surface area contributed by atoms with Crippen molar-refractivity contribution in [3.63, 3.8) is 0 Å². The minimum Gasteiger partial charge on any atom is -0.484 e. The van der Waals surface area contributed by atoms with Crippen LogP contribution in [0.3, 0.4) is 0 Å². The fourth-order valence-corrected chi connectivity index (χ4v) is 4.80. The lowest BCUT2D eigenvalue weighted by molar-refractivity contribution is -0.133. The molecule has 5 nitrogen and oxygen atoms in total. The van der Waals surface area contributed by atoms with Crippen molar-refractivity contribution >= 4 is 15.7 Å². The quantitative estimate of drug-likeness (QED) is 0.808. The highest BCUT2D eigenvalue weighted by molar-refractivity contribution is 7.91. The van der Waals surface area contributed by atoms with E-state index >= 15 is 0 Å². The van der Waals surface area contributed by atoms with Gasteiger partial charge in [-0.25, -0.2) is 8.42 Å². The summed E-state index contributed by atoms with van der Waals surface area (Å²) in [5.74, 6) is 0.591. The molecule has 0 spiro atoms. The number of hydrogen-bond acceptors (Lipinski definition) is 4. The van der Waals surface area contributed by atoms with E-state index in [1.807, 2.05) is 24.3 Å². The van der Waals surface area contributed by atoms with Crippen LogP contribution in [0.4, 0.5) is 0 Å². The van der Waals surface area contributed by atoms with Gasteiger partial charge in [-0.2, -0.15) is 0 Å². The first-order valence-corrected chi connectivity index (χ1v) is 10.4. The Bertz CT molecular complexity index is 873. The number of nitrogens with zero attached hydrogens (tertiary/aromatic N) is 1. The Balaban J connectivity index is 1.56. The molecule has 26 heavy (non-hydrogen) atoms. The van der Waals surface area contributed by atoms with E-state index in [0.717, 1.165) is 11.1 Å². The number of carbonyl (C=O) groups excluding carboxylic acids is 1. The first-order valence-electron chi connectivity index (χ1n) is 8.60. The van der Waals surface area contributed by atoms with Crippen molar-refractivity contribution in [1.82, 2.24) is 4.90 Å². The van der Waals surface area contributed by atoms with E-state index in [2.05, 4.69) is 31.2 Å². The molecule has 0 bridgehead atoms. The minimum absolute atomic E-state index is 0.0421. The number of amides is 1. The molecule has 3 rings (SSSR count). The number of sulfone groups is 1. The molecule has 138 valence electrons. The highest BCUT2D eigenvalue weighted by Gasteiger charge is 2.32. The van der Waals surface area contributed by atoms with E-state index in [4.69, 9.17) is 4.74 Å². The number of carbonyl (C=O) groups is 1. The highest BCUT2D eigenvalue weighted by atomic mass is 32.2. The van der Waals surface area contributed by atoms with Crippen LogP contribution in [0.15, 0.2) is 48.5 Å². The van der Waals surface area contributed by atoms with Crippen LogP contribution in [0.2, 0.25) is 0 Å². The lowest BCUT2D eigenvalue weighted by Gasteiger charge is -2.23. The van der Waals surface area contributed by atoms with Crippen LogP contribution in [0.5, 0.6) is 5.75 Å². The van der Waals surface area contributed by atoms with Gasteiger partial charge in [0.15, 0.2) is 16.4 Å². The van der Waals surface area contributed by atoms with Gasteiger partial charge in [-0.1, -0.05) is 42.0 Å². The Kier molecular flexibility index (Phi) is 5.32. The Morgan fingerprint density at radius 3 is 2.19 bits per heavy atom. The second kappa shape index (κ2) is 7.50.